The summed E-state index contributed by atoms with van der Waals surface area (Å²) in [6, 6.07) is 8.41. The predicted octanol–water partition coefficient (Wildman–Crippen LogP) is 1.80. The van der Waals surface area contributed by atoms with Crippen molar-refractivity contribution in [3.63, 3.8) is 0 Å². The van der Waals surface area contributed by atoms with E-state index in [1.165, 1.54) is 0 Å². The third kappa shape index (κ3) is 1.93. The standard InChI is InChI=1S/C14H18N4/c1-10(15)11-6-7-18(8-11)14-12-4-2-3-5-13(12)16-9-17-14/h2-5,9-11H,6-8,15H2,1H3. The van der Waals surface area contributed by atoms with E-state index in [1.54, 1.807) is 6.33 Å². The van der Waals surface area contributed by atoms with Crippen molar-refractivity contribution in [2.75, 3.05) is 18.0 Å². The van der Waals surface area contributed by atoms with Crippen LogP contribution in [-0.4, -0.2) is 29.1 Å². The molecule has 1 aromatic carbocycles. The van der Waals surface area contributed by atoms with Gasteiger partial charge in [-0.05, 0) is 31.4 Å². The number of anilines is 1. The Labute approximate surface area is 107 Å². The fourth-order valence-electron chi connectivity index (χ4n) is 2.65. The van der Waals surface area contributed by atoms with Gasteiger partial charge in [0.25, 0.3) is 0 Å². The van der Waals surface area contributed by atoms with Crippen LogP contribution in [0.3, 0.4) is 0 Å². The van der Waals surface area contributed by atoms with Crippen LogP contribution in [0.1, 0.15) is 13.3 Å². The summed E-state index contributed by atoms with van der Waals surface area (Å²) < 4.78 is 0. The van der Waals surface area contributed by atoms with E-state index in [4.69, 9.17) is 5.73 Å². The van der Waals surface area contributed by atoms with Crippen molar-refractivity contribution >= 4 is 16.7 Å². The number of aromatic nitrogens is 2. The zero-order valence-electron chi connectivity index (χ0n) is 10.6. The molecule has 0 aliphatic carbocycles. The van der Waals surface area contributed by atoms with Crippen molar-refractivity contribution in [1.29, 1.82) is 0 Å². The predicted molar refractivity (Wildman–Crippen MR) is 73.5 cm³/mol. The number of hydrogen-bond acceptors (Lipinski definition) is 4. The minimum atomic E-state index is 0.253. The molecule has 1 aromatic heterocycles. The van der Waals surface area contributed by atoms with Gasteiger partial charge in [-0.2, -0.15) is 0 Å². The van der Waals surface area contributed by atoms with Crippen LogP contribution in [0.4, 0.5) is 5.82 Å². The van der Waals surface area contributed by atoms with Crippen LogP contribution >= 0.6 is 0 Å². The van der Waals surface area contributed by atoms with E-state index in [9.17, 15) is 0 Å². The quantitative estimate of drug-likeness (QED) is 0.872. The molecule has 94 valence electrons. The molecule has 2 atom stereocenters. The SMILES string of the molecule is CC(N)C1CCN(c2ncnc3ccccc23)C1. The Kier molecular flexibility index (Phi) is 2.88. The van der Waals surface area contributed by atoms with Crippen molar-refractivity contribution < 1.29 is 0 Å². The largest absolute Gasteiger partial charge is 0.356 e. The van der Waals surface area contributed by atoms with Gasteiger partial charge in [0.1, 0.15) is 12.1 Å². The van der Waals surface area contributed by atoms with Gasteiger partial charge < -0.3 is 10.6 Å². The maximum absolute atomic E-state index is 5.99. The Bertz CT molecular complexity index is 547. The van der Waals surface area contributed by atoms with Crippen molar-refractivity contribution in [3.8, 4) is 0 Å². The molecule has 2 heterocycles. The summed E-state index contributed by atoms with van der Waals surface area (Å²) in [6.45, 7) is 4.12. The van der Waals surface area contributed by atoms with E-state index >= 15 is 0 Å². The highest BCUT2D eigenvalue weighted by Crippen LogP contribution is 2.28. The molecule has 0 amide bonds. The molecular formula is C14H18N4. The third-order valence-electron chi connectivity index (χ3n) is 3.79. The monoisotopic (exact) mass is 242 g/mol. The van der Waals surface area contributed by atoms with Crippen molar-refractivity contribution in [3.05, 3.63) is 30.6 Å². The molecular weight excluding hydrogens is 224 g/mol. The number of nitrogens with two attached hydrogens (primary N) is 1. The molecule has 1 aliphatic rings. The van der Waals surface area contributed by atoms with E-state index in [0.29, 0.717) is 5.92 Å². The maximum atomic E-state index is 5.99. The van der Waals surface area contributed by atoms with Crippen LogP contribution in [0, 0.1) is 5.92 Å². The van der Waals surface area contributed by atoms with Gasteiger partial charge in [-0.25, -0.2) is 9.97 Å². The molecule has 1 fully saturated rings. The number of rotatable bonds is 2. The van der Waals surface area contributed by atoms with Gasteiger partial charge >= 0.3 is 0 Å². The molecule has 0 spiro atoms. The Morgan fingerprint density at radius 1 is 1.33 bits per heavy atom. The maximum Gasteiger partial charge on any atom is 0.139 e. The summed E-state index contributed by atoms with van der Waals surface area (Å²) in [7, 11) is 0. The molecule has 0 saturated carbocycles. The van der Waals surface area contributed by atoms with Crippen LogP contribution in [0.2, 0.25) is 0 Å². The number of benzene rings is 1. The smallest absolute Gasteiger partial charge is 0.139 e. The first-order valence-corrected chi connectivity index (χ1v) is 6.46. The van der Waals surface area contributed by atoms with E-state index in [1.807, 2.05) is 18.2 Å². The highest BCUT2D eigenvalue weighted by molar-refractivity contribution is 5.89. The van der Waals surface area contributed by atoms with Crippen LogP contribution in [0.15, 0.2) is 30.6 Å². The molecule has 4 heteroatoms. The van der Waals surface area contributed by atoms with Crippen molar-refractivity contribution in [2.45, 2.75) is 19.4 Å². The van der Waals surface area contributed by atoms with Crippen molar-refractivity contribution in [2.24, 2.45) is 11.7 Å². The average Bonchev–Trinajstić information content (AvgIpc) is 2.87. The van der Waals surface area contributed by atoms with E-state index < -0.39 is 0 Å². The Balaban J connectivity index is 1.96. The minimum absolute atomic E-state index is 0.253. The lowest BCUT2D eigenvalue weighted by Gasteiger charge is -2.20. The first-order chi connectivity index (χ1) is 8.75. The van der Waals surface area contributed by atoms with Gasteiger partial charge in [0, 0.05) is 24.5 Å². The van der Waals surface area contributed by atoms with E-state index in [0.717, 1.165) is 36.2 Å². The number of para-hydroxylation sites is 1. The number of nitrogens with zero attached hydrogens (tertiary/aromatic N) is 3. The summed E-state index contributed by atoms with van der Waals surface area (Å²) in [5.74, 6) is 1.61. The first kappa shape index (κ1) is 11.4. The van der Waals surface area contributed by atoms with Crippen LogP contribution in [-0.2, 0) is 0 Å². The summed E-state index contributed by atoms with van der Waals surface area (Å²) in [5, 5.41) is 1.13. The van der Waals surface area contributed by atoms with Gasteiger partial charge in [-0.3, -0.25) is 0 Å². The lowest BCUT2D eigenvalue weighted by molar-refractivity contribution is 0.488. The molecule has 2 aromatic rings. The van der Waals surface area contributed by atoms with E-state index in [2.05, 4.69) is 27.9 Å². The fourth-order valence-corrected chi connectivity index (χ4v) is 2.65. The topological polar surface area (TPSA) is 55.0 Å². The van der Waals surface area contributed by atoms with E-state index in [-0.39, 0.29) is 6.04 Å². The van der Waals surface area contributed by atoms with Crippen LogP contribution in [0.25, 0.3) is 10.9 Å². The normalized spacial score (nSPS) is 21.4. The average molecular weight is 242 g/mol. The molecule has 2 unspecified atom stereocenters. The number of fused-ring (bicyclic) bond motifs is 1. The minimum Gasteiger partial charge on any atom is -0.356 e. The summed E-state index contributed by atoms with van der Waals surface area (Å²) >= 11 is 0. The molecule has 1 saturated heterocycles. The van der Waals surface area contributed by atoms with Gasteiger partial charge in [0.05, 0.1) is 5.52 Å². The second-order valence-electron chi connectivity index (χ2n) is 5.07. The van der Waals surface area contributed by atoms with Gasteiger partial charge in [0.15, 0.2) is 0 Å². The molecule has 3 rings (SSSR count). The lowest BCUT2D eigenvalue weighted by Crippen LogP contribution is -2.30. The molecule has 4 nitrogen and oxygen atoms in total. The molecule has 0 bridgehead atoms. The molecule has 1 aliphatic heterocycles. The van der Waals surface area contributed by atoms with Gasteiger partial charge in [-0.15, -0.1) is 0 Å². The second kappa shape index (κ2) is 4.53. The lowest BCUT2D eigenvalue weighted by atomic mass is 10.0. The highest BCUT2D eigenvalue weighted by Gasteiger charge is 2.26. The molecule has 2 N–H and O–H groups in total. The Hall–Kier alpha value is -1.68. The summed E-state index contributed by atoms with van der Waals surface area (Å²) in [6.07, 6.45) is 2.80. The molecule has 18 heavy (non-hydrogen) atoms. The Morgan fingerprint density at radius 3 is 2.94 bits per heavy atom. The van der Waals surface area contributed by atoms with Crippen LogP contribution < -0.4 is 10.6 Å². The van der Waals surface area contributed by atoms with Crippen molar-refractivity contribution in [1.82, 2.24) is 9.97 Å². The summed E-state index contributed by atoms with van der Waals surface area (Å²) in [4.78, 5) is 11.1. The highest BCUT2D eigenvalue weighted by atomic mass is 15.2. The zero-order chi connectivity index (χ0) is 12.5. The second-order valence-corrected chi connectivity index (χ2v) is 5.07. The number of hydrogen-bond donors (Lipinski definition) is 1. The fraction of sp³-hybridized carbons (Fsp3) is 0.429. The zero-order valence-corrected chi connectivity index (χ0v) is 10.6. The summed E-state index contributed by atoms with van der Waals surface area (Å²) in [5.41, 5.74) is 7.00. The van der Waals surface area contributed by atoms with Gasteiger partial charge in [0.2, 0.25) is 0 Å². The third-order valence-corrected chi connectivity index (χ3v) is 3.79. The van der Waals surface area contributed by atoms with Gasteiger partial charge in [-0.1, -0.05) is 12.1 Å². The van der Waals surface area contributed by atoms with Crippen LogP contribution in [0.5, 0.6) is 0 Å². The molecule has 0 radical (unpaired) electrons. The first-order valence-electron chi connectivity index (χ1n) is 6.46. The Morgan fingerprint density at radius 2 is 2.17 bits per heavy atom.